The fourth-order valence-corrected chi connectivity index (χ4v) is 4.13. The lowest BCUT2D eigenvalue weighted by Crippen LogP contribution is -2.52. The Kier molecular flexibility index (Phi) is 4.96. The zero-order chi connectivity index (χ0) is 20.5. The Labute approximate surface area is 173 Å². The number of hydrogen-bond donors (Lipinski definition) is 0. The lowest BCUT2D eigenvalue weighted by molar-refractivity contribution is -0.142. The average Bonchev–Trinajstić information content (AvgIpc) is 2.79. The third-order valence-corrected chi connectivity index (χ3v) is 5.57. The molecule has 1 saturated heterocycles. The van der Waals surface area contributed by atoms with Crippen LogP contribution in [0.5, 0.6) is 5.75 Å². The standard InChI is InChI=1S/C23H22FN3O3/c24-18-12-16-4-3-7-25-22(16)17(13-18)14-27-15-21(23(28)26-8-10-29-11-9-26)30-20-6-2-1-5-19(20)27/h1-7,12-13,21H,8-11,14-15H2/t21-/m0/s1. The number of pyridine rings is 1. The second-order valence-corrected chi connectivity index (χ2v) is 7.53. The van der Waals surface area contributed by atoms with E-state index in [4.69, 9.17) is 9.47 Å². The molecule has 1 amide bonds. The van der Waals surface area contributed by atoms with E-state index in [1.54, 1.807) is 17.2 Å². The Morgan fingerprint density at radius 3 is 2.83 bits per heavy atom. The smallest absolute Gasteiger partial charge is 0.265 e. The zero-order valence-corrected chi connectivity index (χ0v) is 16.5. The minimum atomic E-state index is -0.620. The van der Waals surface area contributed by atoms with E-state index in [9.17, 15) is 9.18 Å². The summed E-state index contributed by atoms with van der Waals surface area (Å²) in [5, 5.41) is 0.759. The summed E-state index contributed by atoms with van der Waals surface area (Å²) in [5.41, 5.74) is 2.43. The van der Waals surface area contributed by atoms with Crippen molar-refractivity contribution in [2.75, 3.05) is 37.7 Å². The van der Waals surface area contributed by atoms with Crippen molar-refractivity contribution in [2.45, 2.75) is 12.6 Å². The van der Waals surface area contributed by atoms with Crippen LogP contribution in [0.2, 0.25) is 0 Å². The molecule has 0 N–H and O–H groups in total. The summed E-state index contributed by atoms with van der Waals surface area (Å²) >= 11 is 0. The highest BCUT2D eigenvalue weighted by Crippen LogP contribution is 2.35. The van der Waals surface area contributed by atoms with Gasteiger partial charge in [0.15, 0.2) is 6.10 Å². The number of amides is 1. The molecule has 5 rings (SSSR count). The second kappa shape index (κ2) is 7.91. The first-order valence-electron chi connectivity index (χ1n) is 10.1. The van der Waals surface area contributed by atoms with E-state index in [-0.39, 0.29) is 11.7 Å². The molecule has 2 aromatic carbocycles. The van der Waals surface area contributed by atoms with Gasteiger partial charge in [0.1, 0.15) is 11.6 Å². The number of para-hydroxylation sites is 2. The molecule has 0 bridgehead atoms. The number of carbonyl (C=O) groups is 1. The SMILES string of the molecule is O=C([C@@H]1CN(Cc2cc(F)cc3cccnc23)c2ccccc2O1)N1CCOCC1. The van der Waals surface area contributed by atoms with Gasteiger partial charge in [-0.1, -0.05) is 18.2 Å². The zero-order valence-electron chi connectivity index (χ0n) is 16.5. The highest BCUT2D eigenvalue weighted by atomic mass is 19.1. The Balaban J connectivity index is 1.47. The van der Waals surface area contributed by atoms with Gasteiger partial charge in [-0.3, -0.25) is 9.78 Å². The quantitative estimate of drug-likeness (QED) is 0.668. The summed E-state index contributed by atoms with van der Waals surface area (Å²) < 4.78 is 25.7. The number of carbonyl (C=O) groups excluding carboxylic acids is 1. The number of aromatic nitrogens is 1. The molecule has 30 heavy (non-hydrogen) atoms. The predicted octanol–water partition coefficient (Wildman–Crippen LogP) is 3.00. The molecule has 0 unspecified atom stereocenters. The number of fused-ring (bicyclic) bond motifs is 2. The molecule has 7 heteroatoms. The average molecular weight is 407 g/mol. The molecule has 2 aliphatic heterocycles. The van der Waals surface area contributed by atoms with Crippen molar-refractivity contribution in [1.29, 1.82) is 0 Å². The molecule has 6 nitrogen and oxygen atoms in total. The summed E-state index contributed by atoms with van der Waals surface area (Å²) in [7, 11) is 0. The highest BCUT2D eigenvalue weighted by molar-refractivity contribution is 5.84. The van der Waals surface area contributed by atoms with Crippen molar-refractivity contribution < 1.29 is 18.7 Å². The first-order chi connectivity index (χ1) is 14.7. The van der Waals surface area contributed by atoms with Crippen molar-refractivity contribution in [2.24, 2.45) is 0 Å². The van der Waals surface area contributed by atoms with E-state index in [2.05, 4.69) is 9.88 Å². The van der Waals surface area contributed by atoms with Crippen LogP contribution in [-0.2, 0) is 16.1 Å². The van der Waals surface area contributed by atoms with Crippen LogP contribution in [0, 0.1) is 5.82 Å². The van der Waals surface area contributed by atoms with Crippen LogP contribution < -0.4 is 9.64 Å². The molecule has 0 spiro atoms. The van der Waals surface area contributed by atoms with E-state index in [0.29, 0.717) is 45.1 Å². The molecule has 3 aromatic rings. The lowest BCUT2D eigenvalue weighted by Gasteiger charge is -2.38. The number of benzene rings is 2. The van der Waals surface area contributed by atoms with Crippen LogP contribution in [0.4, 0.5) is 10.1 Å². The van der Waals surface area contributed by atoms with Gasteiger partial charge < -0.3 is 19.3 Å². The number of hydrogen-bond acceptors (Lipinski definition) is 5. The molecule has 0 saturated carbocycles. The van der Waals surface area contributed by atoms with Gasteiger partial charge in [-0.25, -0.2) is 4.39 Å². The molecule has 1 atom stereocenters. The molecule has 154 valence electrons. The van der Waals surface area contributed by atoms with Gasteiger partial charge in [-0.05, 0) is 30.3 Å². The van der Waals surface area contributed by atoms with Crippen LogP contribution in [0.25, 0.3) is 10.9 Å². The molecule has 0 radical (unpaired) electrons. The molecule has 1 aromatic heterocycles. The maximum absolute atomic E-state index is 14.3. The van der Waals surface area contributed by atoms with Crippen molar-refractivity contribution in [1.82, 2.24) is 9.88 Å². The van der Waals surface area contributed by atoms with Crippen molar-refractivity contribution >= 4 is 22.5 Å². The summed E-state index contributed by atoms with van der Waals surface area (Å²) in [4.78, 5) is 21.4. The second-order valence-electron chi connectivity index (χ2n) is 7.53. The van der Waals surface area contributed by atoms with Crippen LogP contribution in [0.1, 0.15) is 5.56 Å². The largest absolute Gasteiger partial charge is 0.477 e. The maximum Gasteiger partial charge on any atom is 0.265 e. The van der Waals surface area contributed by atoms with Crippen LogP contribution in [-0.4, -0.2) is 54.7 Å². The number of ether oxygens (including phenoxy) is 2. The van der Waals surface area contributed by atoms with Crippen LogP contribution in [0.15, 0.2) is 54.7 Å². The molecule has 1 fully saturated rings. The van der Waals surface area contributed by atoms with Crippen LogP contribution in [0.3, 0.4) is 0 Å². The van der Waals surface area contributed by atoms with Crippen molar-refractivity contribution in [3.05, 3.63) is 66.1 Å². The fraction of sp³-hybridized carbons (Fsp3) is 0.304. The molecular weight excluding hydrogens is 385 g/mol. The predicted molar refractivity (Wildman–Crippen MR) is 111 cm³/mol. The maximum atomic E-state index is 14.3. The lowest BCUT2D eigenvalue weighted by atomic mass is 10.1. The van der Waals surface area contributed by atoms with E-state index in [0.717, 1.165) is 22.2 Å². The van der Waals surface area contributed by atoms with Gasteiger partial charge in [0.2, 0.25) is 0 Å². The van der Waals surface area contributed by atoms with Crippen molar-refractivity contribution in [3.8, 4) is 5.75 Å². The fourth-order valence-electron chi connectivity index (χ4n) is 4.13. The molecule has 0 aliphatic carbocycles. The Hall–Kier alpha value is -3.19. The Bertz CT molecular complexity index is 1080. The van der Waals surface area contributed by atoms with Gasteiger partial charge in [0.05, 0.1) is 31.0 Å². The molecular formula is C23H22FN3O3. The number of nitrogens with zero attached hydrogens (tertiary/aromatic N) is 3. The molecule has 3 heterocycles. The third-order valence-electron chi connectivity index (χ3n) is 5.57. The molecule has 2 aliphatic rings. The van der Waals surface area contributed by atoms with Gasteiger partial charge in [0, 0.05) is 36.8 Å². The minimum absolute atomic E-state index is 0.0416. The topological polar surface area (TPSA) is 54.9 Å². The Morgan fingerprint density at radius 1 is 1.13 bits per heavy atom. The number of halogens is 1. The van der Waals surface area contributed by atoms with Gasteiger partial charge >= 0.3 is 0 Å². The van der Waals surface area contributed by atoms with Crippen LogP contribution >= 0.6 is 0 Å². The van der Waals surface area contributed by atoms with E-state index < -0.39 is 6.10 Å². The first kappa shape index (κ1) is 18.8. The summed E-state index contributed by atoms with van der Waals surface area (Å²) in [6.07, 6.45) is 1.09. The van der Waals surface area contributed by atoms with E-state index in [1.807, 2.05) is 30.3 Å². The van der Waals surface area contributed by atoms with Gasteiger partial charge in [-0.15, -0.1) is 0 Å². The van der Waals surface area contributed by atoms with Gasteiger partial charge in [-0.2, -0.15) is 0 Å². The summed E-state index contributed by atoms with van der Waals surface area (Å²) in [6, 6.07) is 14.3. The minimum Gasteiger partial charge on any atom is -0.477 e. The van der Waals surface area contributed by atoms with Gasteiger partial charge in [0.25, 0.3) is 5.91 Å². The first-order valence-corrected chi connectivity index (χ1v) is 10.1. The third kappa shape index (κ3) is 3.57. The van der Waals surface area contributed by atoms with Crippen molar-refractivity contribution in [3.63, 3.8) is 0 Å². The summed E-state index contributed by atoms with van der Waals surface area (Å²) in [5.74, 6) is 0.317. The monoisotopic (exact) mass is 407 g/mol. The number of anilines is 1. The summed E-state index contributed by atoms with van der Waals surface area (Å²) in [6.45, 7) is 3.04. The van der Waals surface area contributed by atoms with E-state index >= 15 is 0 Å². The highest BCUT2D eigenvalue weighted by Gasteiger charge is 2.34. The number of rotatable bonds is 3. The number of morpholine rings is 1. The normalized spacial score (nSPS) is 18.8. The van der Waals surface area contributed by atoms with E-state index in [1.165, 1.54) is 12.1 Å². The Morgan fingerprint density at radius 2 is 1.97 bits per heavy atom.